The first-order chi connectivity index (χ1) is 14.3. The Morgan fingerprint density at radius 3 is 2.13 bits per heavy atom. The van der Waals surface area contributed by atoms with Crippen molar-refractivity contribution in [2.24, 2.45) is 11.8 Å². The van der Waals surface area contributed by atoms with Gasteiger partial charge in [0.15, 0.2) is 6.10 Å². The van der Waals surface area contributed by atoms with Crippen LogP contribution in [0.25, 0.3) is 0 Å². The number of likely N-dealkylation sites (tertiary alicyclic amines) is 1. The highest BCUT2D eigenvalue weighted by atomic mass is 16.5. The van der Waals surface area contributed by atoms with Crippen LogP contribution in [-0.2, 0) is 23.9 Å². The van der Waals surface area contributed by atoms with Gasteiger partial charge in [-0.1, -0.05) is 31.4 Å². The fourth-order valence-electron chi connectivity index (χ4n) is 4.32. The zero-order valence-corrected chi connectivity index (χ0v) is 17.4. The summed E-state index contributed by atoms with van der Waals surface area (Å²) in [7, 11) is 0. The average Bonchev–Trinajstić information content (AvgIpc) is 2.98. The summed E-state index contributed by atoms with van der Waals surface area (Å²) >= 11 is 0. The van der Waals surface area contributed by atoms with Crippen LogP contribution in [0.5, 0.6) is 0 Å². The zero-order valence-electron chi connectivity index (χ0n) is 17.4. The Bertz CT molecular complexity index is 732. The number of esters is 1. The molecule has 3 aliphatic rings. The van der Waals surface area contributed by atoms with Crippen molar-refractivity contribution in [3.8, 4) is 0 Å². The summed E-state index contributed by atoms with van der Waals surface area (Å²) in [4.78, 5) is 62.8. The minimum absolute atomic E-state index is 0.0367. The second-order valence-electron chi connectivity index (χ2n) is 8.26. The average molecular weight is 419 g/mol. The van der Waals surface area contributed by atoms with Crippen molar-refractivity contribution in [1.29, 1.82) is 0 Å². The molecule has 1 saturated heterocycles. The normalized spacial score (nSPS) is 26.0. The molecular weight excluding hydrogens is 390 g/mol. The molecule has 0 unspecified atom stereocenters. The van der Waals surface area contributed by atoms with Crippen LogP contribution in [0.1, 0.15) is 58.8 Å². The lowest BCUT2D eigenvalue weighted by Gasteiger charge is -2.24. The van der Waals surface area contributed by atoms with Crippen molar-refractivity contribution in [2.45, 2.75) is 77.0 Å². The molecule has 30 heavy (non-hydrogen) atoms. The molecule has 4 atom stereocenters. The summed E-state index contributed by atoms with van der Waals surface area (Å²) in [6.07, 6.45) is 8.40. The third-order valence-corrected chi connectivity index (χ3v) is 6.11. The quantitative estimate of drug-likeness (QED) is 0.395. The van der Waals surface area contributed by atoms with Crippen LogP contribution in [0, 0.1) is 11.8 Å². The molecule has 0 bridgehead atoms. The predicted molar refractivity (Wildman–Crippen MR) is 106 cm³/mol. The largest absolute Gasteiger partial charge is 0.451 e. The minimum atomic E-state index is -1.24. The van der Waals surface area contributed by atoms with Crippen LogP contribution in [-0.4, -0.2) is 52.8 Å². The van der Waals surface area contributed by atoms with Crippen LogP contribution in [0.2, 0.25) is 0 Å². The summed E-state index contributed by atoms with van der Waals surface area (Å²) < 4.78 is 5.13. The number of ether oxygens (including phenoxy) is 1. The van der Waals surface area contributed by atoms with E-state index in [9.17, 15) is 24.0 Å². The summed E-state index contributed by atoms with van der Waals surface area (Å²) in [5, 5.41) is 4.93. The number of nitrogens with zero attached hydrogens (tertiary/aromatic N) is 1. The maximum Gasteiger partial charge on any atom is 0.329 e. The van der Waals surface area contributed by atoms with Gasteiger partial charge in [-0.25, -0.2) is 9.59 Å². The van der Waals surface area contributed by atoms with E-state index in [0.29, 0.717) is 12.8 Å². The van der Waals surface area contributed by atoms with E-state index < -0.39 is 41.9 Å². The van der Waals surface area contributed by atoms with Crippen molar-refractivity contribution < 1.29 is 28.7 Å². The molecule has 164 valence electrons. The topological polar surface area (TPSA) is 122 Å². The van der Waals surface area contributed by atoms with Gasteiger partial charge in [0.1, 0.15) is 6.04 Å². The monoisotopic (exact) mass is 419 g/mol. The van der Waals surface area contributed by atoms with E-state index in [1.165, 1.54) is 13.8 Å². The molecule has 5 amide bonds. The molecule has 9 heteroatoms. The third kappa shape index (κ3) is 4.71. The number of nitrogens with one attached hydrogen (secondary N) is 2. The number of amides is 5. The van der Waals surface area contributed by atoms with E-state index in [1.54, 1.807) is 0 Å². The van der Waals surface area contributed by atoms with Gasteiger partial charge in [-0.3, -0.25) is 24.6 Å². The van der Waals surface area contributed by atoms with Gasteiger partial charge in [-0.2, -0.15) is 0 Å². The van der Waals surface area contributed by atoms with Crippen molar-refractivity contribution in [3.05, 3.63) is 12.2 Å². The Hall–Kier alpha value is -2.71. The molecule has 3 rings (SSSR count). The number of rotatable bonds is 5. The van der Waals surface area contributed by atoms with Crippen molar-refractivity contribution in [1.82, 2.24) is 15.5 Å². The van der Waals surface area contributed by atoms with E-state index in [4.69, 9.17) is 4.74 Å². The van der Waals surface area contributed by atoms with Gasteiger partial charge in [-0.05, 0) is 39.5 Å². The SMILES string of the molecule is C[C@H](OC(=O)[C@H](C)N1C(=O)[C@H]2CC=CC[C@H]2C1=O)C(=O)NC(=O)NC1CCCCC1. The van der Waals surface area contributed by atoms with Gasteiger partial charge in [-0.15, -0.1) is 0 Å². The highest BCUT2D eigenvalue weighted by Crippen LogP contribution is 2.36. The highest BCUT2D eigenvalue weighted by Gasteiger charge is 2.50. The van der Waals surface area contributed by atoms with Crippen LogP contribution >= 0.6 is 0 Å². The Balaban J connectivity index is 1.50. The molecule has 1 aliphatic heterocycles. The zero-order chi connectivity index (χ0) is 21.8. The molecule has 1 saturated carbocycles. The lowest BCUT2D eigenvalue weighted by molar-refractivity contribution is -0.163. The fraction of sp³-hybridized carbons (Fsp3) is 0.667. The molecule has 0 radical (unpaired) electrons. The Kier molecular flexibility index (Phi) is 6.89. The molecule has 0 aromatic rings. The third-order valence-electron chi connectivity index (χ3n) is 6.11. The Morgan fingerprint density at radius 1 is 1.00 bits per heavy atom. The highest BCUT2D eigenvalue weighted by molar-refractivity contribution is 6.08. The van der Waals surface area contributed by atoms with Crippen LogP contribution in [0.4, 0.5) is 4.79 Å². The van der Waals surface area contributed by atoms with Gasteiger partial charge in [0, 0.05) is 6.04 Å². The van der Waals surface area contributed by atoms with E-state index in [0.717, 1.165) is 37.0 Å². The number of carbonyl (C=O) groups excluding carboxylic acids is 5. The standard InChI is InChI=1S/C21H29N3O6/c1-12(24-18(26)15-10-6-7-11-16(15)19(24)27)20(28)30-13(2)17(25)23-21(29)22-14-8-4-3-5-9-14/h6-7,12-16H,3-5,8-11H2,1-2H3,(H2,22,23,25,29)/t12-,13-,15-,16+/m0/s1. The number of hydrogen-bond donors (Lipinski definition) is 2. The second kappa shape index (κ2) is 9.40. The number of urea groups is 1. The van der Waals surface area contributed by atoms with Crippen LogP contribution in [0.3, 0.4) is 0 Å². The Labute approximate surface area is 175 Å². The smallest absolute Gasteiger partial charge is 0.329 e. The van der Waals surface area contributed by atoms with Gasteiger partial charge in [0.25, 0.3) is 5.91 Å². The molecule has 2 N–H and O–H groups in total. The lowest BCUT2D eigenvalue weighted by atomic mass is 9.85. The maximum atomic E-state index is 12.6. The summed E-state index contributed by atoms with van der Waals surface area (Å²) in [6, 6.07) is -1.72. The van der Waals surface area contributed by atoms with Crippen molar-refractivity contribution >= 4 is 29.7 Å². The van der Waals surface area contributed by atoms with Crippen molar-refractivity contribution in [3.63, 3.8) is 0 Å². The van der Waals surface area contributed by atoms with Crippen LogP contribution < -0.4 is 10.6 Å². The first-order valence-corrected chi connectivity index (χ1v) is 10.6. The van der Waals surface area contributed by atoms with Gasteiger partial charge in [0.05, 0.1) is 11.8 Å². The first kappa shape index (κ1) is 22.0. The van der Waals surface area contributed by atoms with Gasteiger partial charge < -0.3 is 10.1 Å². The van der Waals surface area contributed by atoms with Gasteiger partial charge >= 0.3 is 12.0 Å². The second-order valence-corrected chi connectivity index (χ2v) is 8.26. The summed E-state index contributed by atoms with van der Waals surface area (Å²) in [6.45, 7) is 2.74. The first-order valence-electron chi connectivity index (χ1n) is 10.6. The summed E-state index contributed by atoms with van der Waals surface area (Å²) in [5.41, 5.74) is 0. The molecule has 0 aromatic heterocycles. The van der Waals surface area contributed by atoms with E-state index in [1.807, 2.05) is 12.2 Å². The Morgan fingerprint density at radius 2 is 1.57 bits per heavy atom. The number of fused-ring (bicyclic) bond motifs is 1. The molecule has 9 nitrogen and oxygen atoms in total. The lowest BCUT2D eigenvalue weighted by Crippen LogP contribution is -2.50. The number of carbonyl (C=O) groups is 5. The molecule has 0 aromatic carbocycles. The molecule has 2 fully saturated rings. The van der Waals surface area contributed by atoms with E-state index in [-0.39, 0.29) is 17.9 Å². The van der Waals surface area contributed by atoms with E-state index >= 15 is 0 Å². The van der Waals surface area contributed by atoms with E-state index in [2.05, 4.69) is 10.6 Å². The number of imide groups is 2. The molecule has 0 spiro atoms. The molecular formula is C21H29N3O6. The molecule has 2 aliphatic carbocycles. The minimum Gasteiger partial charge on any atom is -0.451 e. The van der Waals surface area contributed by atoms with Crippen LogP contribution in [0.15, 0.2) is 12.2 Å². The maximum absolute atomic E-state index is 12.6. The molecule has 1 heterocycles. The van der Waals surface area contributed by atoms with Gasteiger partial charge in [0.2, 0.25) is 11.8 Å². The number of hydrogen-bond acceptors (Lipinski definition) is 6. The predicted octanol–water partition coefficient (Wildman–Crippen LogP) is 1.42. The number of allylic oxidation sites excluding steroid dienone is 2. The summed E-state index contributed by atoms with van der Waals surface area (Å²) in [5.74, 6) is -3.28. The fourth-order valence-corrected chi connectivity index (χ4v) is 4.32. The van der Waals surface area contributed by atoms with Crippen molar-refractivity contribution in [2.75, 3.05) is 0 Å².